The van der Waals surface area contributed by atoms with Crippen LogP contribution in [0.2, 0.25) is 0 Å². The summed E-state index contributed by atoms with van der Waals surface area (Å²) >= 11 is 0. The van der Waals surface area contributed by atoms with E-state index < -0.39 is 0 Å². The van der Waals surface area contributed by atoms with Gasteiger partial charge in [0.25, 0.3) is 11.1 Å². The summed E-state index contributed by atoms with van der Waals surface area (Å²) in [6.07, 6.45) is 0.869. The van der Waals surface area contributed by atoms with Crippen LogP contribution in [0.25, 0.3) is 10.8 Å². The van der Waals surface area contributed by atoms with Gasteiger partial charge in [0.15, 0.2) is 0 Å². The largest absolute Gasteiger partial charge is 1.00 e. The minimum absolute atomic E-state index is 0. The first-order valence-corrected chi connectivity index (χ1v) is 6.50. The molecule has 6 heteroatoms. The van der Waals surface area contributed by atoms with Crippen molar-refractivity contribution in [1.29, 1.82) is 0 Å². The summed E-state index contributed by atoms with van der Waals surface area (Å²) in [4.78, 5) is 25.9. The fraction of sp³-hybridized carbons (Fsp3) is 0.429. The molecular formula is C14H20ClN3O2. The SMILES string of the molecule is Cn1c(=O)c2ccccc2c(=O)n1CCC[NH+](C)C.[Cl-]. The second kappa shape index (κ2) is 6.72. The van der Waals surface area contributed by atoms with Crippen LogP contribution in [0, 0.1) is 0 Å². The van der Waals surface area contributed by atoms with Gasteiger partial charge in [-0.25, -0.2) is 4.68 Å². The first-order chi connectivity index (χ1) is 9.02. The van der Waals surface area contributed by atoms with Crippen LogP contribution in [0.5, 0.6) is 0 Å². The number of fused-ring (bicyclic) bond motifs is 1. The number of aromatic nitrogens is 2. The van der Waals surface area contributed by atoms with E-state index in [9.17, 15) is 9.59 Å². The number of benzene rings is 1. The highest BCUT2D eigenvalue weighted by molar-refractivity contribution is 5.80. The molecule has 0 saturated carbocycles. The molecule has 0 fully saturated rings. The van der Waals surface area contributed by atoms with Crippen LogP contribution < -0.4 is 28.4 Å². The number of nitrogens with one attached hydrogen (secondary N) is 1. The number of hydrogen-bond donors (Lipinski definition) is 1. The summed E-state index contributed by atoms with van der Waals surface area (Å²) in [6, 6.07) is 6.99. The van der Waals surface area contributed by atoms with Crippen molar-refractivity contribution in [2.24, 2.45) is 7.05 Å². The van der Waals surface area contributed by atoms with Gasteiger partial charge >= 0.3 is 0 Å². The van der Waals surface area contributed by atoms with Gasteiger partial charge in [-0.2, -0.15) is 0 Å². The van der Waals surface area contributed by atoms with Crippen LogP contribution >= 0.6 is 0 Å². The molecule has 5 nitrogen and oxygen atoms in total. The standard InChI is InChI=1S/C14H19N3O2.ClH/c1-15(2)9-6-10-17-14(19)12-8-5-4-7-11(12)13(18)16(17)3;/h4-5,7-8H,6,9-10H2,1-3H3;1H. The van der Waals surface area contributed by atoms with Gasteiger partial charge in [-0.15, -0.1) is 0 Å². The molecule has 1 heterocycles. The summed E-state index contributed by atoms with van der Waals surface area (Å²) in [5, 5.41) is 0.993. The lowest BCUT2D eigenvalue weighted by Crippen LogP contribution is -3.05. The number of rotatable bonds is 4. The molecule has 0 aliphatic rings. The molecular weight excluding hydrogens is 278 g/mol. The highest BCUT2D eigenvalue weighted by Crippen LogP contribution is 2.03. The van der Waals surface area contributed by atoms with Crippen LogP contribution in [0.15, 0.2) is 33.9 Å². The second-order valence-corrected chi connectivity index (χ2v) is 5.11. The summed E-state index contributed by atoms with van der Waals surface area (Å²) in [5.41, 5.74) is -0.209. The molecule has 1 N–H and O–H groups in total. The lowest BCUT2D eigenvalue weighted by Gasteiger charge is -2.13. The molecule has 110 valence electrons. The van der Waals surface area contributed by atoms with Gasteiger partial charge in [0.05, 0.1) is 31.4 Å². The monoisotopic (exact) mass is 297 g/mol. The molecule has 0 radical (unpaired) electrons. The molecule has 0 atom stereocenters. The maximum Gasteiger partial charge on any atom is 0.273 e. The van der Waals surface area contributed by atoms with Crippen LogP contribution in [0.1, 0.15) is 6.42 Å². The minimum atomic E-state index is -0.118. The van der Waals surface area contributed by atoms with Crippen molar-refractivity contribution in [3.05, 3.63) is 45.0 Å². The highest BCUT2D eigenvalue weighted by atomic mass is 35.5. The number of nitrogens with zero attached hydrogens (tertiary/aromatic N) is 2. The molecule has 2 rings (SSSR count). The van der Waals surface area contributed by atoms with Crippen LogP contribution in [-0.2, 0) is 13.6 Å². The third-order valence-electron chi connectivity index (χ3n) is 3.33. The molecule has 0 amide bonds. The predicted octanol–water partition coefficient (Wildman–Crippen LogP) is -3.76. The zero-order chi connectivity index (χ0) is 14.0. The molecule has 0 unspecified atom stereocenters. The quantitative estimate of drug-likeness (QED) is 0.630. The molecule has 1 aromatic carbocycles. The maximum atomic E-state index is 12.4. The fourth-order valence-electron chi connectivity index (χ4n) is 2.25. The van der Waals surface area contributed by atoms with Crippen molar-refractivity contribution in [3.63, 3.8) is 0 Å². The Morgan fingerprint density at radius 2 is 1.60 bits per heavy atom. The predicted molar refractivity (Wildman–Crippen MR) is 75.7 cm³/mol. The Bertz CT molecular complexity index is 704. The third kappa shape index (κ3) is 3.11. The first-order valence-electron chi connectivity index (χ1n) is 6.50. The van der Waals surface area contributed by atoms with Crippen molar-refractivity contribution in [1.82, 2.24) is 9.36 Å². The Balaban J connectivity index is 0.00000200. The number of halogens is 1. The number of quaternary nitrogens is 1. The van der Waals surface area contributed by atoms with E-state index in [0.29, 0.717) is 17.3 Å². The zero-order valence-corrected chi connectivity index (χ0v) is 12.8. The summed E-state index contributed by atoms with van der Waals surface area (Å²) in [5.74, 6) is 0. The van der Waals surface area contributed by atoms with Gasteiger partial charge < -0.3 is 17.3 Å². The van der Waals surface area contributed by atoms with E-state index in [-0.39, 0.29) is 23.5 Å². The van der Waals surface area contributed by atoms with Crippen molar-refractivity contribution in [2.75, 3.05) is 20.6 Å². The molecule has 0 aliphatic carbocycles. The molecule has 0 saturated heterocycles. The van der Waals surface area contributed by atoms with E-state index in [4.69, 9.17) is 0 Å². The maximum absolute atomic E-state index is 12.4. The van der Waals surface area contributed by atoms with E-state index >= 15 is 0 Å². The third-order valence-corrected chi connectivity index (χ3v) is 3.33. The topological polar surface area (TPSA) is 48.4 Å². The van der Waals surface area contributed by atoms with Gasteiger partial charge in [0.2, 0.25) is 0 Å². The van der Waals surface area contributed by atoms with Crippen molar-refractivity contribution in [2.45, 2.75) is 13.0 Å². The van der Waals surface area contributed by atoms with Gasteiger partial charge in [0, 0.05) is 20.0 Å². The molecule has 0 aliphatic heterocycles. The van der Waals surface area contributed by atoms with E-state index in [1.54, 1.807) is 31.3 Å². The van der Waals surface area contributed by atoms with Crippen LogP contribution in [-0.4, -0.2) is 30.0 Å². The molecule has 2 aromatic rings. The van der Waals surface area contributed by atoms with Gasteiger partial charge in [-0.3, -0.25) is 14.3 Å². The van der Waals surface area contributed by atoms with E-state index in [1.165, 1.54) is 14.3 Å². The van der Waals surface area contributed by atoms with E-state index in [2.05, 4.69) is 14.1 Å². The van der Waals surface area contributed by atoms with Crippen molar-refractivity contribution >= 4 is 10.8 Å². The van der Waals surface area contributed by atoms with Crippen molar-refractivity contribution < 1.29 is 17.3 Å². The summed E-state index contributed by atoms with van der Waals surface area (Å²) in [6.45, 7) is 1.54. The molecule has 1 aromatic heterocycles. The lowest BCUT2D eigenvalue weighted by molar-refractivity contribution is -0.858. The summed E-state index contributed by atoms with van der Waals surface area (Å²) < 4.78 is 2.96. The normalized spacial score (nSPS) is 10.8. The molecule has 0 bridgehead atoms. The minimum Gasteiger partial charge on any atom is -1.00 e. The Morgan fingerprint density at radius 1 is 1.05 bits per heavy atom. The Kier molecular flexibility index (Phi) is 5.53. The average molecular weight is 298 g/mol. The zero-order valence-electron chi connectivity index (χ0n) is 12.0. The Labute approximate surface area is 123 Å². The fourth-order valence-corrected chi connectivity index (χ4v) is 2.25. The first kappa shape index (κ1) is 16.5. The lowest BCUT2D eigenvalue weighted by atomic mass is 10.2. The Morgan fingerprint density at radius 3 is 2.15 bits per heavy atom. The average Bonchev–Trinajstić information content (AvgIpc) is 2.40. The Hall–Kier alpha value is -1.59. The molecule has 0 spiro atoms. The summed E-state index contributed by atoms with van der Waals surface area (Å²) in [7, 11) is 5.79. The number of hydrogen-bond acceptors (Lipinski definition) is 2. The van der Waals surface area contributed by atoms with Gasteiger partial charge in [-0.1, -0.05) is 12.1 Å². The molecule has 20 heavy (non-hydrogen) atoms. The van der Waals surface area contributed by atoms with Crippen molar-refractivity contribution in [3.8, 4) is 0 Å². The second-order valence-electron chi connectivity index (χ2n) is 5.11. The van der Waals surface area contributed by atoms with Gasteiger partial charge in [0.1, 0.15) is 0 Å². The highest BCUT2D eigenvalue weighted by Gasteiger charge is 2.10. The van der Waals surface area contributed by atoms with Crippen LogP contribution in [0.4, 0.5) is 0 Å². The van der Waals surface area contributed by atoms with E-state index in [0.717, 1.165) is 13.0 Å². The van der Waals surface area contributed by atoms with Crippen LogP contribution in [0.3, 0.4) is 0 Å². The van der Waals surface area contributed by atoms with Gasteiger partial charge in [-0.05, 0) is 12.1 Å². The van der Waals surface area contributed by atoms with E-state index in [1.807, 2.05) is 0 Å². The smallest absolute Gasteiger partial charge is 0.273 e.